The number of carbonyl (C=O) groups excluding carboxylic acids is 1. The number of fused-ring (bicyclic) bond motifs is 1. The topological polar surface area (TPSA) is 104 Å². The van der Waals surface area contributed by atoms with E-state index in [1.165, 1.54) is 25.0 Å². The van der Waals surface area contributed by atoms with Crippen molar-refractivity contribution >= 4 is 22.6 Å². The highest BCUT2D eigenvalue weighted by molar-refractivity contribution is 5.91. The fourth-order valence-corrected chi connectivity index (χ4v) is 3.56. The van der Waals surface area contributed by atoms with Crippen LogP contribution in [-0.4, -0.2) is 34.2 Å². The molecule has 0 aliphatic carbocycles. The highest BCUT2D eigenvalue weighted by Gasteiger charge is 2.17. The molecule has 0 aliphatic rings. The van der Waals surface area contributed by atoms with Gasteiger partial charge in [-0.15, -0.1) is 0 Å². The number of hydrogen-bond acceptors (Lipinski definition) is 6. The number of methoxy groups -OCH3 is 2. The molecule has 0 saturated carbocycles. The van der Waals surface area contributed by atoms with Gasteiger partial charge in [0.2, 0.25) is 5.91 Å². The molecule has 0 atom stereocenters. The number of nitrogens with one attached hydrogen (secondary N) is 1. The van der Waals surface area contributed by atoms with Gasteiger partial charge in [0.1, 0.15) is 6.54 Å². The second-order valence-electron chi connectivity index (χ2n) is 7.23. The smallest absolute Gasteiger partial charge is 0.332 e. The van der Waals surface area contributed by atoms with Gasteiger partial charge in [-0.1, -0.05) is 30.3 Å². The van der Waals surface area contributed by atoms with Gasteiger partial charge in [0.15, 0.2) is 17.0 Å². The summed E-state index contributed by atoms with van der Waals surface area (Å²) in [5.41, 5.74) is 0.577. The van der Waals surface area contributed by atoms with Gasteiger partial charge in [0.25, 0.3) is 5.56 Å². The van der Waals surface area contributed by atoms with Crippen molar-refractivity contribution in [2.45, 2.75) is 13.1 Å². The molecule has 168 valence electrons. The first-order valence-electron chi connectivity index (χ1n) is 10.2. The van der Waals surface area contributed by atoms with Crippen LogP contribution in [0.4, 0.5) is 5.69 Å². The number of ether oxygens (including phenoxy) is 2. The Morgan fingerprint density at radius 1 is 0.939 bits per heavy atom. The SMILES string of the molecule is COc1ccc(NC(=O)Cn2c(=O)n(Cc3ccccc3)c(=O)c3ncccc32)cc1OC. The van der Waals surface area contributed by atoms with Crippen molar-refractivity contribution in [3.8, 4) is 11.5 Å². The number of benzene rings is 2. The molecule has 4 rings (SSSR count). The number of amides is 1. The Labute approximate surface area is 188 Å². The molecule has 33 heavy (non-hydrogen) atoms. The van der Waals surface area contributed by atoms with Crippen molar-refractivity contribution in [1.29, 1.82) is 0 Å². The number of hydrogen-bond donors (Lipinski definition) is 1. The Morgan fingerprint density at radius 2 is 1.70 bits per heavy atom. The Kier molecular flexibility index (Phi) is 6.21. The Bertz CT molecular complexity index is 1430. The molecule has 0 radical (unpaired) electrons. The summed E-state index contributed by atoms with van der Waals surface area (Å²) in [5.74, 6) is 0.537. The van der Waals surface area contributed by atoms with Gasteiger partial charge in [-0.05, 0) is 29.8 Å². The highest BCUT2D eigenvalue weighted by atomic mass is 16.5. The van der Waals surface area contributed by atoms with Crippen molar-refractivity contribution in [2.75, 3.05) is 19.5 Å². The predicted molar refractivity (Wildman–Crippen MR) is 124 cm³/mol. The van der Waals surface area contributed by atoms with Gasteiger partial charge >= 0.3 is 5.69 Å². The van der Waals surface area contributed by atoms with Crippen LogP contribution in [0.25, 0.3) is 11.0 Å². The molecule has 2 aromatic carbocycles. The number of nitrogens with zero attached hydrogens (tertiary/aromatic N) is 3. The lowest BCUT2D eigenvalue weighted by Crippen LogP contribution is -2.42. The Hall–Kier alpha value is -4.40. The minimum absolute atomic E-state index is 0.0717. The Morgan fingerprint density at radius 3 is 2.42 bits per heavy atom. The molecule has 0 spiro atoms. The molecule has 9 nitrogen and oxygen atoms in total. The van der Waals surface area contributed by atoms with Gasteiger partial charge in [0.05, 0.1) is 26.3 Å². The summed E-state index contributed by atoms with van der Waals surface area (Å²) < 4.78 is 12.8. The third-order valence-corrected chi connectivity index (χ3v) is 5.14. The van der Waals surface area contributed by atoms with Crippen molar-refractivity contribution in [2.24, 2.45) is 0 Å². The van der Waals surface area contributed by atoms with Crippen molar-refractivity contribution in [3.05, 3.63) is 93.3 Å². The maximum atomic E-state index is 13.3. The van der Waals surface area contributed by atoms with Crippen LogP contribution >= 0.6 is 0 Å². The van der Waals surface area contributed by atoms with Gasteiger partial charge in [-0.2, -0.15) is 0 Å². The van der Waals surface area contributed by atoms with E-state index < -0.39 is 17.2 Å². The monoisotopic (exact) mass is 446 g/mol. The third kappa shape index (κ3) is 4.47. The van der Waals surface area contributed by atoms with Crippen LogP contribution in [-0.2, 0) is 17.9 Å². The fourth-order valence-electron chi connectivity index (χ4n) is 3.56. The highest BCUT2D eigenvalue weighted by Crippen LogP contribution is 2.29. The van der Waals surface area contributed by atoms with E-state index in [0.29, 0.717) is 22.7 Å². The number of pyridine rings is 1. The second-order valence-corrected chi connectivity index (χ2v) is 7.23. The molecule has 0 fully saturated rings. The number of rotatable bonds is 7. The van der Waals surface area contributed by atoms with E-state index in [9.17, 15) is 14.4 Å². The molecule has 1 N–H and O–H groups in total. The minimum atomic E-state index is -0.591. The number of carbonyl (C=O) groups is 1. The summed E-state index contributed by atoms with van der Waals surface area (Å²) in [6.45, 7) is -0.229. The van der Waals surface area contributed by atoms with Crippen LogP contribution in [0.15, 0.2) is 76.4 Å². The zero-order chi connectivity index (χ0) is 23.4. The number of aromatic nitrogens is 3. The van der Waals surface area contributed by atoms with Gasteiger partial charge < -0.3 is 14.8 Å². The molecule has 4 aromatic rings. The standard InChI is InChI=1S/C24H22N4O5/c1-32-19-11-10-17(13-20(19)33-2)26-21(29)15-27-18-9-6-12-25-22(18)23(30)28(24(27)31)14-16-7-4-3-5-8-16/h3-13H,14-15H2,1-2H3,(H,26,29). The average molecular weight is 446 g/mol. The molecular weight excluding hydrogens is 424 g/mol. The zero-order valence-electron chi connectivity index (χ0n) is 18.1. The molecule has 2 aromatic heterocycles. The summed E-state index contributed by atoms with van der Waals surface area (Å²) in [5, 5.41) is 2.75. The summed E-state index contributed by atoms with van der Waals surface area (Å²) in [4.78, 5) is 43.2. The van der Waals surface area contributed by atoms with Crippen molar-refractivity contribution < 1.29 is 14.3 Å². The van der Waals surface area contributed by atoms with Crippen molar-refractivity contribution in [3.63, 3.8) is 0 Å². The van der Waals surface area contributed by atoms with Crippen LogP contribution in [0, 0.1) is 0 Å². The summed E-state index contributed by atoms with van der Waals surface area (Å²) in [7, 11) is 3.02. The van der Waals surface area contributed by atoms with E-state index in [4.69, 9.17) is 9.47 Å². The van der Waals surface area contributed by atoms with Crippen LogP contribution in [0.3, 0.4) is 0 Å². The second kappa shape index (κ2) is 9.39. The maximum absolute atomic E-state index is 13.3. The first-order chi connectivity index (χ1) is 16.0. The first-order valence-corrected chi connectivity index (χ1v) is 10.2. The van der Waals surface area contributed by atoms with Crippen LogP contribution in [0.2, 0.25) is 0 Å². The minimum Gasteiger partial charge on any atom is -0.493 e. The Balaban J connectivity index is 1.70. The lowest BCUT2D eigenvalue weighted by Gasteiger charge is -2.14. The third-order valence-electron chi connectivity index (χ3n) is 5.14. The lowest BCUT2D eigenvalue weighted by atomic mass is 10.2. The maximum Gasteiger partial charge on any atom is 0.332 e. The summed E-state index contributed by atoms with van der Waals surface area (Å²) in [6, 6.07) is 17.3. The zero-order valence-corrected chi connectivity index (χ0v) is 18.1. The first kappa shape index (κ1) is 21.8. The van der Waals surface area contributed by atoms with Crippen molar-refractivity contribution in [1.82, 2.24) is 14.1 Å². The molecule has 0 saturated heterocycles. The van der Waals surface area contributed by atoms with Crippen LogP contribution in [0.5, 0.6) is 11.5 Å². The average Bonchev–Trinajstić information content (AvgIpc) is 2.85. The lowest BCUT2D eigenvalue weighted by molar-refractivity contribution is -0.116. The van der Waals surface area contributed by atoms with Gasteiger partial charge in [-0.3, -0.25) is 18.7 Å². The van der Waals surface area contributed by atoms with Crippen LogP contribution in [0.1, 0.15) is 5.56 Å². The van der Waals surface area contributed by atoms with E-state index in [1.807, 2.05) is 30.3 Å². The molecule has 0 bridgehead atoms. The predicted octanol–water partition coefficient (Wildman–Crippen LogP) is 2.26. The normalized spacial score (nSPS) is 10.7. The number of anilines is 1. The summed E-state index contributed by atoms with van der Waals surface area (Å²) >= 11 is 0. The fraction of sp³-hybridized carbons (Fsp3) is 0.167. The van der Waals surface area contributed by atoms with E-state index in [1.54, 1.807) is 30.3 Å². The van der Waals surface area contributed by atoms with E-state index in [2.05, 4.69) is 10.3 Å². The largest absolute Gasteiger partial charge is 0.493 e. The van der Waals surface area contributed by atoms with E-state index >= 15 is 0 Å². The van der Waals surface area contributed by atoms with Gasteiger partial charge in [-0.25, -0.2) is 9.78 Å². The quantitative estimate of drug-likeness (QED) is 0.467. The molecule has 2 heterocycles. The summed E-state index contributed by atoms with van der Waals surface area (Å²) in [6.07, 6.45) is 1.48. The molecule has 0 unspecified atom stereocenters. The molecular formula is C24H22N4O5. The van der Waals surface area contributed by atoms with Gasteiger partial charge in [0, 0.05) is 18.0 Å². The molecule has 9 heteroatoms. The molecule has 0 aliphatic heterocycles. The van der Waals surface area contributed by atoms with E-state index in [-0.39, 0.29) is 18.6 Å². The molecule has 1 amide bonds. The van der Waals surface area contributed by atoms with Crippen LogP contribution < -0.4 is 26.0 Å². The van der Waals surface area contributed by atoms with E-state index in [0.717, 1.165) is 10.1 Å².